The van der Waals surface area contributed by atoms with Crippen LogP contribution in [-0.2, 0) is 9.59 Å². The lowest BCUT2D eigenvalue weighted by Gasteiger charge is -2.56. The number of aliphatic hydroxyl groups is 1. The highest BCUT2D eigenvalue weighted by Gasteiger charge is 2.60. The maximum atomic E-state index is 12.7. The van der Waals surface area contributed by atoms with Crippen molar-refractivity contribution in [2.75, 3.05) is 0 Å². The van der Waals surface area contributed by atoms with E-state index in [0.29, 0.717) is 30.6 Å². The van der Waals surface area contributed by atoms with Crippen molar-refractivity contribution in [3.63, 3.8) is 0 Å². The van der Waals surface area contributed by atoms with Gasteiger partial charge in [-0.15, -0.1) is 0 Å². The van der Waals surface area contributed by atoms with E-state index in [1.165, 1.54) is 0 Å². The summed E-state index contributed by atoms with van der Waals surface area (Å²) in [5.41, 5.74) is 0.707. The summed E-state index contributed by atoms with van der Waals surface area (Å²) in [4.78, 5) is 24.5. The Morgan fingerprint density at radius 3 is 2.64 bits per heavy atom. The van der Waals surface area contributed by atoms with Crippen LogP contribution in [0.5, 0.6) is 0 Å². The third kappa shape index (κ3) is 1.72. The van der Waals surface area contributed by atoms with E-state index in [9.17, 15) is 14.7 Å². The molecule has 22 heavy (non-hydrogen) atoms. The van der Waals surface area contributed by atoms with Crippen molar-refractivity contribution in [3.05, 3.63) is 11.6 Å². The van der Waals surface area contributed by atoms with E-state index in [1.807, 2.05) is 0 Å². The van der Waals surface area contributed by atoms with Crippen molar-refractivity contribution in [1.29, 1.82) is 0 Å². The van der Waals surface area contributed by atoms with Gasteiger partial charge in [0.25, 0.3) is 0 Å². The van der Waals surface area contributed by atoms with Crippen LogP contribution in [0.1, 0.15) is 58.8 Å². The molecule has 6 atom stereocenters. The highest BCUT2D eigenvalue weighted by atomic mass is 16.3. The highest BCUT2D eigenvalue weighted by molar-refractivity contribution is 6.05. The van der Waals surface area contributed by atoms with Gasteiger partial charge in [-0.05, 0) is 66.8 Å². The van der Waals surface area contributed by atoms with E-state index in [4.69, 9.17) is 0 Å². The van der Waals surface area contributed by atoms with Crippen LogP contribution >= 0.6 is 0 Å². The minimum atomic E-state index is -0.203. The molecule has 3 nitrogen and oxygen atoms in total. The summed E-state index contributed by atoms with van der Waals surface area (Å²) in [6.45, 7) is 4.45. The van der Waals surface area contributed by atoms with Crippen molar-refractivity contribution in [2.45, 2.75) is 64.9 Å². The molecule has 0 spiro atoms. The molecule has 0 radical (unpaired) electrons. The molecule has 0 aliphatic heterocycles. The van der Waals surface area contributed by atoms with Gasteiger partial charge in [-0.2, -0.15) is 0 Å². The molecule has 1 N–H and O–H groups in total. The van der Waals surface area contributed by atoms with Gasteiger partial charge in [0.15, 0.2) is 11.6 Å². The third-order valence-electron chi connectivity index (χ3n) is 7.74. The zero-order chi connectivity index (χ0) is 15.7. The minimum absolute atomic E-state index is 0.00348. The fourth-order valence-electron chi connectivity index (χ4n) is 6.36. The number of rotatable bonds is 0. The standard InChI is InChI=1S/C19H26O3/c1-18-7-5-11(20)9-15(18)16(21)10-12-13-3-4-17(22)19(13,2)8-6-14(12)18/h9,12-14,17,22H,3-8,10H2,1-2H3/t12-,13-,14-,17-,18+,19-/m0/s1. The molecule has 0 saturated heterocycles. The molecule has 3 heteroatoms. The van der Waals surface area contributed by atoms with Crippen LogP contribution in [0.15, 0.2) is 11.6 Å². The Balaban J connectivity index is 1.75. The van der Waals surface area contributed by atoms with Crippen LogP contribution in [0.4, 0.5) is 0 Å². The first-order chi connectivity index (χ1) is 10.4. The number of aliphatic hydroxyl groups excluding tert-OH is 1. The molecule has 0 amide bonds. The maximum absolute atomic E-state index is 12.7. The van der Waals surface area contributed by atoms with Gasteiger partial charge >= 0.3 is 0 Å². The SMILES string of the molecule is C[C@]12CC[C@H]3[C@@H](CC(=O)C4=CC(=O)CC[C@@]43C)[C@@H]1CC[C@@H]2O. The Morgan fingerprint density at radius 2 is 1.86 bits per heavy atom. The topological polar surface area (TPSA) is 54.4 Å². The molecule has 0 aromatic heterocycles. The maximum Gasteiger partial charge on any atom is 0.159 e. The van der Waals surface area contributed by atoms with Gasteiger partial charge < -0.3 is 5.11 Å². The van der Waals surface area contributed by atoms with E-state index in [0.717, 1.165) is 37.7 Å². The molecule has 4 aliphatic rings. The Bertz CT molecular complexity index is 577. The van der Waals surface area contributed by atoms with Gasteiger partial charge in [0, 0.05) is 18.4 Å². The summed E-state index contributed by atoms with van der Waals surface area (Å²) in [6.07, 6.45) is 7.54. The summed E-state index contributed by atoms with van der Waals surface area (Å²) >= 11 is 0. The largest absolute Gasteiger partial charge is 0.393 e. The van der Waals surface area contributed by atoms with Crippen molar-refractivity contribution in [1.82, 2.24) is 0 Å². The Hall–Kier alpha value is -0.960. The van der Waals surface area contributed by atoms with Crippen LogP contribution in [0.3, 0.4) is 0 Å². The first-order valence-corrected chi connectivity index (χ1v) is 8.82. The second-order valence-electron chi connectivity index (χ2n) is 8.58. The molecule has 0 heterocycles. The number of Topliss-reactive ketones (excluding diaryl/α,β-unsaturated/α-hetero) is 1. The monoisotopic (exact) mass is 302 g/mol. The van der Waals surface area contributed by atoms with Gasteiger partial charge in [-0.25, -0.2) is 0 Å². The molecular weight excluding hydrogens is 276 g/mol. The zero-order valence-electron chi connectivity index (χ0n) is 13.6. The zero-order valence-corrected chi connectivity index (χ0v) is 13.6. The van der Waals surface area contributed by atoms with Crippen LogP contribution in [0.2, 0.25) is 0 Å². The smallest absolute Gasteiger partial charge is 0.159 e. The Kier molecular flexibility index (Phi) is 3.01. The predicted molar refractivity (Wildman–Crippen MR) is 83.1 cm³/mol. The van der Waals surface area contributed by atoms with E-state index < -0.39 is 0 Å². The first-order valence-electron chi connectivity index (χ1n) is 8.82. The lowest BCUT2D eigenvalue weighted by atomic mass is 9.47. The van der Waals surface area contributed by atoms with Crippen LogP contribution in [-0.4, -0.2) is 22.8 Å². The lowest BCUT2D eigenvalue weighted by molar-refractivity contribution is -0.132. The summed E-state index contributed by atoms with van der Waals surface area (Å²) in [6, 6.07) is 0. The number of ketones is 2. The van der Waals surface area contributed by atoms with Crippen molar-refractivity contribution in [3.8, 4) is 0 Å². The molecule has 0 unspecified atom stereocenters. The number of carbonyl (C=O) groups is 2. The molecule has 0 aromatic carbocycles. The average molecular weight is 302 g/mol. The molecular formula is C19H26O3. The fourth-order valence-corrected chi connectivity index (χ4v) is 6.36. The first kappa shape index (κ1) is 14.6. The molecule has 3 fully saturated rings. The van der Waals surface area contributed by atoms with E-state index in [2.05, 4.69) is 13.8 Å². The minimum Gasteiger partial charge on any atom is -0.393 e. The highest BCUT2D eigenvalue weighted by Crippen LogP contribution is 2.64. The van der Waals surface area contributed by atoms with E-state index in [1.54, 1.807) is 6.08 Å². The number of fused-ring (bicyclic) bond motifs is 5. The van der Waals surface area contributed by atoms with Crippen LogP contribution in [0.25, 0.3) is 0 Å². The van der Waals surface area contributed by atoms with Crippen molar-refractivity contribution >= 4 is 11.6 Å². The quantitative estimate of drug-likeness (QED) is 0.748. The van der Waals surface area contributed by atoms with Gasteiger partial charge in [0.2, 0.25) is 0 Å². The molecule has 4 aliphatic carbocycles. The lowest BCUT2D eigenvalue weighted by Crippen LogP contribution is -2.53. The molecule has 0 aromatic rings. The molecule has 4 rings (SSSR count). The summed E-state index contributed by atoms with van der Waals surface area (Å²) in [5.74, 6) is 1.70. The van der Waals surface area contributed by atoms with Crippen LogP contribution < -0.4 is 0 Å². The van der Waals surface area contributed by atoms with Gasteiger partial charge in [0.1, 0.15) is 0 Å². The van der Waals surface area contributed by atoms with Crippen molar-refractivity contribution in [2.24, 2.45) is 28.6 Å². The second kappa shape index (κ2) is 4.53. The third-order valence-corrected chi connectivity index (χ3v) is 7.74. The van der Waals surface area contributed by atoms with Crippen LogP contribution in [0, 0.1) is 28.6 Å². The molecule has 120 valence electrons. The number of hydrogen-bond acceptors (Lipinski definition) is 3. The van der Waals surface area contributed by atoms with E-state index >= 15 is 0 Å². The molecule has 0 bridgehead atoms. The Labute approximate surface area is 132 Å². The van der Waals surface area contributed by atoms with Crippen molar-refractivity contribution < 1.29 is 14.7 Å². The summed E-state index contributed by atoms with van der Waals surface area (Å²) in [5, 5.41) is 10.4. The normalized spacial score (nSPS) is 51.0. The number of hydrogen-bond donors (Lipinski definition) is 1. The van der Waals surface area contributed by atoms with Gasteiger partial charge in [-0.1, -0.05) is 13.8 Å². The van der Waals surface area contributed by atoms with E-state index in [-0.39, 0.29) is 28.5 Å². The average Bonchev–Trinajstić information content (AvgIpc) is 2.77. The Morgan fingerprint density at radius 1 is 1.09 bits per heavy atom. The molecule has 3 saturated carbocycles. The summed E-state index contributed by atoms with van der Waals surface area (Å²) < 4.78 is 0. The summed E-state index contributed by atoms with van der Waals surface area (Å²) in [7, 11) is 0. The van der Waals surface area contributed by atoms with Gasteiger partial charge in [0.05, 0.1) is 6.10 Å². The predicted octanol–water partition coefficient (Wildman–Crippen LogP) is 3.06. The fraction of sp³-hybridized carbons (Fsp3) is 0.789. The van der Waals surface area contributed by atoms with Gasteiger partial charge in [-0.3, -0.25) is 9.59 Å². The number of carbonyl (C=O) groups excluding carboxylic acids is 2. The number of allylic oxidation sites excluding steroid dienone is 1. The second-order valence-corrected chi connectivity index (χ2v) is 8.58.